The number of amides is 1. The number of hydrogen-bond donors (Lipinski definition) is 1. The van der Waals surface area contributed by atoms with Crippen LogP contribution in [0.5, 0.6) is 0 Å². The number of nitrogens with one attached hydrogen (secondary N) is 1. The van der Waals surface area contributed by atoms with Gasteiger partial charge < -0.3 is 9.88 Å². The third kappa shape index (κ3) is 5.05. The van der Waals surface area contributed by atoms with Crippen LogP contribution in [0.15, 0.2) is 89.4 Å². The number of rotatable bonds is 7. The molecule has 0 aliphatic rings. The van der Waals surface area contributed by atoms with Crippen LogP contribution >= 0.6 is 15.9 Å². The number of fused-ring (bicyclic) bond motifs is 1. The van der Waals surface area contributed by atoms with Crippen molar-refractivity contribution in [3.05, 3.63) is 106 Å². The van der Waals surface area contributed by atoms with E-state index in [0.717, 1.165) is 33.4 Å². The van der Waals surface area contributed by atoms with Crippen LogP contribution in [0.3, 0.4) is 0 Å². The molecule has 0 saturated heterocycles. The zero-order valence-electron chi connectivity index (χ0n) is 16.5. The van der Waals surface area contributed by atoms with E-state index in [1.165, 1.54) is 5.56 Å². The van der Waals surface area contributed by atoms with Crippen molar-refractivity contribution in [3.8, 4) is 0 Å². The van der Waals surface area contributed by atoms with E-state index in [-0.39, 0.29) is 5.91 Å². The first kappa shape index (κ1) is 20.1. The minimum absolute atomic E-state index is 0.103. The molecule has 0 fully saturated rings. The smallest absolute Gasteiger partial charge is 0.244 e. The molecule has 0 spiro atoms. The molecular weight excluding hydrogens is 438 g/mol. The molecule has 4 nitrogen and oxygen atoms in total. The maximum Gasteiger partial charge on any atom is 0.244 e. The van der Waals surface area contributed by atoms with Crippen LogP contribution in [-0.2, 0) is 17.8 Å². The van der Waals surface area contributed by atoms with Gasteiger partial charge in [0.1, 0.15) is 5.82 Å². The van der Waals surface area contributed by atoms with E-state index >= 15 is 0 Å². The van der Waals surface area contributed by atoms with Crippen LogP contribution in [0.1, 0.15) is 17.0 Å². The van der Waals surface area contributed by atoms with Gasteiger partial charge in [-0.3, -0.25) is 4.79 Å². The summed E-state index contributed by atoms with van der Waals surface area (Å²) in [6.45, 7) is 1.26. The lowest BCUT2D eigenvalue weighted by atomic mass is 10.2. The average molecular weight is 460 g/mol. The lowest BCUT2D eigenvalue weighted by molar-refractivity contribution is -0.116. The van der Waals surface area contributed by atoms with Crippen LogP contribution < -0.4 is 5.32 Å². The molecule has 0 radical (unpaired) electrons. The minimum atomic E-state index is -0.103. The highest BCUT2D eigenvalue weighted by atomic mass is 79.9. The van der Waals surface area contributed by atoms with E-state index in [0.29, 0.717) is 13.0 Å². The monoisotopic (exact) mass is 459 g/mol. The minimum Gasteiger partial charge on any atom is -0.352 e. The number of aromatic nitrogens is 2. The fourth-order valence-electron chi connectivity index (χ4n) is 3.40. The van der Waals surface area contributed by atoms with Crippen molar-refractivity contribution < 1.29 is 4.79 Å². The second-order valence-electron chi connectivity index (χ2n) is 7.02. The summed E-state index contributed by atoms with van der Waals surface area (Å²) < 4.78 is 3.28. The van der Waals surface area contributed by atoms with Gasteiger partial charge >= 0.3 is 0 Å². The molecule has 1 aromatic heterocycles. The molecule has 0 atom stereocenters. The van der Waals surface area contributed by atoms with E-state index in [1.54, 1.807) is 6.08 Å². The molecule has 1 heterocycles. The standard InChI is InChI=1S/C25H22BrN3O/c26-21-10-6-9-20(17-21)18-29-23-12-5-4-11-22(23)28-24(29)15-16-27-25(30)14-13-19-7-2-1-3-8-19/h1-14,17H,15-16,18H2,(H,27,30)/b14-13+. The molecule has 4 rings (SSSR count). The van der Waals surface area contributed by atoms with Gasteiger partial charge in [0.05, 0.1) is 11.0 Å². The van der Waals surface area contributed by atoms with Gasteiger partial charge in [-0.05, 0) is 41.5 Å². The fourth-order valence-corrected chi connectivity index (χ4v) is 3.85. The molecule has 0 aliphatic heterocycles. The maximum atomic E-state index is 12.2. The third-order valence-electron chi connectivity index (χ3n) is 4.84. The van der Waals surface area contributed by atoms with Gasteiger partial charge in [0.25, 0.3) is 0 Å². The second kappa shape index (κ2) is 9.55. The number of hydrogen-bond acceptors (Lipinski definition) is 2. The Balaban J connectivity index is 1.46. The molecule has 5 heteroatoms. The first-order valence-electron chi connectivity index (χ1n) is 9.88. The second-order valence-corrected chi connectivity index (χ2v) is 7.93. The topological polar surface area (TPSA) is 46.9 Å². The van der Waals surface area contributed by atoms with Gasteiger partial charge in [-0.15, -0.1) is 0 Å². The summed E-state index contributed by atoms with van der Waals surface area (Å²) in [6.07, 6.45) is 4.05. The van der Waals surface area contributed by atoms with Crippen LogP contribution in [0.25, 0.3) is 17.1 Å². The van der Waals surface area contributed by atoms with E-state index in [4.69, 9.17) is 4.98 Å². The summed E-state index contributed by atoms with van der Waals surface area (Å²) in [7, 11) is 0. The van der Waals surface area contributed by atoms with Crippen LogP contribution in [0.4, 0.5) is 0 Å². The normalized spacial score (nSPS) is 11.2. The van der Waals surface area contributed by atoms with E-state index < -0.39 is 0 Å². The van der Waals surface area contributed by atoms with Crippen molar-refractivity contribution in [2.45, 2.75) is 13.0 Å². The van der Waals surface area contributed by atoms with E-state index in [2.05, 4.69) is 44.0 Å². The molecule has 30 heavy (non-hydrogen) atoms. The highest BCUT2D eigenvalue weighted by Gasteiger charge is 2.11. The number of carbonyl (C=O) groups is 1. The van der Waals surface area contributed by atoms with Crippen LogP contribution in [0.2, 0.25) is 0 Å². The summed E-state index contributed by atoms with van der Waals surface area (Å²) in [4.78, 5) is 17.0. The van der Waals surface area contributed by atoms with Crippen molar-refractivity contribution in [1.82, 2.24) is 14.9 Å². The molecule has 1 amide bonds. The molecule has 0 aliphatic carbocycles. The van der Waals surface area contributed by atoms with Gasteiger partial charge in [0.15, 0.2) is 0 Å². The third-order valence-corrected chi connectivity index (χ3v) is 5.33. The lowest BCUT2D eigenvalue weighted by Gasteiger charge is -2.10. The lowest BCUT2D eigenvalue weighted by Crippen LogP contribution is -2.24. The largest absolute Gasteiger partial charge is 0.352 e. The average Bonchev–Trinajstić information content (AvgIpc) is 3.10. The highest BCUT2D eigenvalue weighted by Crippen LogP contribution is 2.20. The van der Waals surface area contributed by atoms with Crippen molar-refractivity contribution in [3.63, 3.8) is 0 Å². The van der Waals surface area contributed by atoms with Crippen molar-refractivity contribution in [2.24, 2.45) is 0 Å². The maximum absolute atomic E-state index is 12.2. The van der Waals surface area contributed by atoms with E-state index in [9.17, 15) is 4.79 Å². The molecule has 150 valence electrons. The van der Waals surface area contributed by atoms with Crippen molar-refractivity contribution in [2.75, 3.05) is 6.54 Å². The Morgan fingerprint density at radius 1 is 1.00 bits per heavy atom. The highest BCUT2D eigenvalue weighted by molar-refractivity contribution is 9.10. The first-order chi connectivity index (χ1) is 14.7. The Morgan fingerprint density at radius 2 is 1.80 bits per heavy atom. The number of carbonyl (C=O) groups excluding carboxylic acids is 1. The number of nitrogens with zero attached hydrogens (tertiary/aromatic N) is 2. The Bertz CT molecular complexity index is 1180. The number of para-hydroxylation sites is 2. The molecule has 0 unspecified atom stereocenters. The molecule has 3 aromatic carbocycles. The fraction of sp³-hybridized carbons (Fsp3) is 0.120. The Labute approximate surface area is 184 Å². The van der Waals surface area contributed by atoms with Crippen LogP contribution in [0, 0.1) is 0 Å². The zero-order chi connectivity index (χ0) is 20.8. The van der Waals surface area contributed by atoms with Crippen LogP contribution in [-0.4, -0.2) is 22.0 Å². The number of imidazole rings is 1. The first-order valence-corrected chi connectivity index (χ1v) is 10.7. The number of halogens is 1. The van der Waals surface area contributed by atoms with Crippen molar-refractivity contribution in [1.29, 1.82) is 0 Å². The van der Waals surface area contributed by atoms with Gasteiger partial charge in [-0.25, -0.2) is 4.98 Å². The molecule has 4 aromatic rings. The summed E-state index contributed by atoms with van der Waals surface area (Å²) >= 11 is 3.55. The quantitative estimate of drug-likeness (QED) is 0.385. The van der Waals surface area contributed by atoms with E-state index in [1.807, 2.05) is 66.7 Å². The number of benzene rings is 3. The summed E-state index contributed by atoms with van der Waals surface area (Å²) in [5.74, 6) is 0.858. The molecule has 0 saturated carbocycles. The summed E-state index contributed by atoms with van der Waals surface area (Å²) in [6, 6.07) is 26.2. The predicted molar refractivity (Wildman–Crippen MR) is 125 cm³/mol. The van der Waals surface area contributed by atoms with Gasteiger partial charge in [-0.1, -0.05) is 70.5 Å². The zero-order valence-corrected chi connectivity index (χ0v) is 18.0. The Kier molecular flexibility index (Phi) is 6.40. The molecule has 0 bridgehead atoms. The Hall–Kier alpha value is -3.18. The molecular formula is C25H22BrN3O. The van der Waals surface area contributed by atoms with Gasteiger partial charge in [0.2, 0.25) is 5.91 Å². The Morgan fingerprint density at radius 3 is 2.63 bits per heavy atom. The summed E-state index contributed by atoms with van der Waals surface area (Å²) in [5, 5.41) is 2.96. The van der Waals surface area contributed by atoms with Gasteiger partial charge in [-0.2, -0.15) is 0 Å². The van der Waals surface area contributed by atoms with Crippen molar-refractivity contribution >= 4 is 38.9 Å². The predicted octanol–water partition coefficient (Wildman–Crippen LogP) is 5.22. The molecule has 1 N–H and O–H groups in total. The summed E-state index contributed by atoms with van der Waals surface area (Å²) in [5.41, 5.74) is 4.27. The SMILES string of the molecule is O=C(/C=C/c1ccccc1)NCCc1nc2ccccc2n1Cc1cccc(Br)c1. The van der Waals surface area contributed by atoms with Gasteiger partial charge in [0, 0.05) is 30.1 Å².